The van der Waals surface area contributed by atoms with Gasteiger partial charge in [0, 0.05) is 12.5 Å². The maximum absolute atomic E-state index is 13.1. The molecule has 1 amide bonds. The van der Waals surface area contributed by atoms with Crippen molar-refractivity contribution >= 4 is 66.0 Å². The minimum absolute atomic E-state index is 0.278. The Balaban J connectivity index is 2.33. The Bertz CT molecular complexity index is 668. The van der Waals surface area contributed by atoms with Gasteiger partial charge in [0.1, 0.15) is 5.82 Å². The fourth-order valence-corrected chi connectivity index (χ4v) is 4.01. The highest BCUT2D eigenvalue weighted by molar-refractivity contribution is 14.1. The van der Waals surface area contributed by atoms with Crippen molar-refractivity contribution in [2.45, 2.75) is 6.92 Å². The second kappa shape index (κ2) is 6.53. The quantitative estimate of drug-likeness (QED) is 0.528. The van der Waals surface area contributed by atoms with Gasteiger partial charge < -0.3 is 5.32 Å². The number of carbonyl (C=O) groups is 1. The molecule has 2 nitrogen and oxygen atoms in total. The van der Waals surface area contributed by atoms with E-state index in [1.54, 1.807) is 0 Å². The third-order valence-electron chi connectivity index (χ3n) is 2.60. The molecule has 104 valence electrons. The zero-order valence-corrected chi connectivity index (χ0v) is 15.6. The van der Waals surface area contributed by atoms with Crippen LogP contribution < -0.4 is 5.32 Å². The average Bonchev–Trinajstić information content (AvgIpc) is 2.33. The summed E-state index contributed by atoms with van der Waals surface area (Å²) in [7, 11) is 0. The van der Waals surface area contributed by atoms with Crippen LogP contribution in [0.4, 0.5) is 10.1 Å². The minimum atomic E-state index is -0.358. The molecule has 0 aliphatic carbocycles. The van der Waals surface area contributed by atoms with E-state index in [1.807, 2.05) is 41.6 Å². The zero-order valence-electron chi connectivity index (χ0n) is 10.3. The molecule has 0 radical (unpaired) electrons. The van der Waals surface area contributed by atoms with Crippen molar-refractivity contribution in [2.24, 2.45) is 0 Å². The lowest BCUT2D eigenvalue weighted by Crippen LogP contribution is -2.14. The summed E-state index contributed by atoms with van der Waals surface area (Å²) in [5, 5.41) is 2.82. The Kier molecular flexibility index (Phi) is 5.19. The molecule has 0 heterocycles. The third kappa shape index (κ3) is 3.59. The zero-order chi connectivity index (χ0) is 14.9. The molecule has 0 atom stereocenters. The van der Waals surface area contributed by atoms with Gasteiger partial charge in [-0.2, -0.15) is 0 Å². The number of benzene rings is 2. The standard InChI is InChI=1S/C14H9Br2FINO/c1-7-4-10(15)13(11(16)5-7)19-14(20)9-3-2-8(17)6-12(9)18/h2-6H,1H3,(H,19,20). The van der Waals surface area contributed by atoms with Crippen LogP contribution in [-0.2, 0) is 0 Å². The molecule has 6 heteroatoms. The molecule has 0 aliphatic heterocycles. The number of halogens is 4. The van der Waals surface area contributed by atoms with Crippen LogP contribution in [0.3, 0.4) is 0 Å². The smallest absolute Gasteiger partial charge is 0.256 e. The molecule has 0 spiro atoms. The molecule has 2 aromatic rings. The van der Waals surface area contributed by atoms with Crippen molar-refractivity contribution < 1.29 is 9.18 Å². The third-order valence-corrected chi connectivity index (χ3v) is 4.74. The first-order valence-corrected chi connectivity index (χ1v) is 8.27. The summed E-state index contributed by atoms with van der Waals surface area (Å²) < 4.78 is 15.2. The van der Waals surface area contributed by atoms with Crippen molar-refractivity contribution in [1.29, 1.82) is 0 Å². The lowest BCUT2D eigenvalue weighted by Gasteiger charge is -2.11. The molecule has 2 aromatic carbocycles. The Labute approximate surface area is 146 Å². The number of rotatable bonds is 2. The Hall–Kier alpha value is -0.470. The summed E-state index contributed by atoms with van der Waals surface area (Å²) >= 11 is 8.79. The summed E-state index contributed by atoms with van der Waals surface area (Å²) in [6.07, 6.45) is 0. The van der Waals surface area contributed by atoms with Gasteiger partial charge >= 0.3 is 0 Å². The van der Waals surface area contributed by atoms with Gasteiger partial charge in [0.05, 0.1) is 11.3 Å². The number of amides is 1. The van der Waals surface area contributed by atoms with Gasteiger partial charge in [-0.05, 0) is 97.3 Å². The fourth-order valence-electron chi connectivity index (χ4n) is 1.67. The van der Waals surface area contributed by atoms with E-state index in [0.717, 1.165) is 14.5 Å². The molecular weight excluding hydrogens is 504 g/mol. The lowest BCUT2D eigenvalue weighted by molar-refractivity contribution is 0.102. The molecule has 20 heavy (non-hydrogen) atoms. The van der Waals surface area contributed by atoms with Crippen LogP contribution in [0.15, 0.2) is 39.3 Å². The van der Waals surface area contributed by atoms with Gasteiger partial charge in [0.2, 0.25) is 0 Å². The summed E-state index contributed by atoms with van der Waals surface area (Å²) in [5.74, 6) is -0.636. The number of hydrogen-bond donors (Lipinski definition) is 1. The molecule has 0 bridgehead atoms. The molecule has 0 saturated heterocycles. The van der Waals surface area contributed by atoms with Crippen LogP contribution in [0.2, 0.25) is 0 Å². The van der Waals surface area contributed by atoms with Gasteiger partial charge in [0.15, 0.2) is 0 Å². The van der Waals surface area contributed by atoms with Crippen LogP contribution in [0.1, 0.15) is 15.9 Å². The van der Waals surface area contributed by atoms with Crippen molar-refractivity contribution in [1.82, 2.24) is 0 Å². The number of hydrogen-bond acceptors (Lipinski definition) is 1. The summed E-state index contributed by atoms with van der Waals surface area (Å²) in [6, 6.07) is 7.90. The number of anilines is 1. The van der Waals surface area contributed by atoms with Crippen LogP contribution in [0.5, 0.6) is 0 Å². The number of aryl methyl sites for hydroxylation is 1. The second-order valence-electron chi connectivity index (χ2n) is 4.18. The second-order valence-corrected chi connectivity index (χ2v) is 7.05. The molecule has 0 fully saturated rings. The summed E-state index contributed by atoms with van der Waals surface area (Å²) in [5.41, 5.74) is 2.16. The highest BCUT2D eigenvalue weighted by Crippen LogP contribution is 2.32. The van der Waals surface area contributed by atoms with E-state index in [4.69, 9.17) is 0 Å². The topological polar surface area (TPSA) is 29.1 Å². The summed E-state index contributed by atoms with van der Waals surface area (Å²) in [4.78, 5) is 12.3. The Morgan fingerprint density at radius 1 is 1.20 bits per heavy atom. The first-order chi connectivity index (χ1) is 9.38. The molecule has 0 aliphatic rings. The average molecular weight is 513 g/mol. The minimum Gasteiger partial charge on any atom is -0.320 e. The molecule has 0 unspecified atom stereocenters. The molecule has 0 aromatic heterocycles. The summed E-state index contributed by atoms with van der Waals surface area (Å²) in [6.45, 7) is 1.96. The SMILES string of the molecule is Cc1cc(Br)c(NC(=O)c2ccc(F)cc2I)c(Br)c1. The van der Waals surface area contributed by atoms with Gasteiger partial charge in [-0.1, -0.05) is 0 Å². The van der Waals surface area contributed by atoms with Crippen molar-refractivity contribution in [3.63, 3.8) is 0 Å². The largest absolute Gasteiger partial charge is 0.320 e. The van der Waals surface area contributed by atoms with E-state index in [-0.39, 0.29) is 11.7 Å². The lowest BCUT2D eigenvalue weighted by atomic mass is 10.2. The Morgan fingerprint density at radius 3 is 2.35 bits per heavy atom. The van der Waals surface area contributed by atoms with E-state index in [2.05, 4.69) is 37.2 Å². The molecular formula is C14H9Br2FINO. The highest BCUT2D eigenvalue weighted by Gasteiger charge is 2.14. The van der Waals surface area contributed by atoms with Crippen LogP contribution in [-0.4, -0.2) is 5.91 Å². The van der Waals surface area contributed by atoms with Crippen LogP contribution >= 0.6 is 54.5 Å². The normalized spacial score (nSPS) is 10.4. The van der Waals surface area contributed by atoms with Crippen LogP contribution in [0, 0.1) is 16.3 Å². The number of nitrogens with one attached hydrogen (secondary N) is 1. The van der Waals surface area contributed by atoms with Gasteiger partial charge in [-0.3, -0.25) is 4.79 Å². The molecule has 0 saturated carbocycles. The predicted octanol–water partition coefficient (Wildman–Crippen LogP) is 5.52. The van der Waals surface area contributed by atoms with Crippen LogP contribution in [0.25, 0.3) is 0 Å². The maximum atomic E-state index is 13.1. The predicted molar refractivity (Wildman–Crippen MR) is 93.6 cm³/mol. The van der Waals surface area contributed by atoms with E-state index in [9.17, 15) is 9.18 Å². The van der Waals surface area contributed by atoms with Gasteiger partial charge in [-0.25, -0.2) is 4.39 Å². The van der Waals surface area contributed by atoms with Crippen molar-refractivity contribution in [2.75, 3.05) is 5.32 Å². The Morgan fingerprint density at radius 2 is 1.80 bits per heavy atom. The number of carbonyl (C=O) groups excluding carboxylic acids is 1. The fraction of sp³-hybridized carbons (Fsp3) is 0.0714. The highest BCUT2D eigenvalue weighted by atomic mass is 127. The van der Waals surface area contributed by atoms with E-state index < -0.39 is 0 Å². The van der Waals surface area contributed by atoms with Gasteiger partial charge in [0.25, 0.3) is 5.91 Å². The maximum Gasteiger partial charge on any atom is 0.256 e. The van der Waals surface area contributed by atoms with Crippen molar-refractivity contribution in [3.8, 4) is 0 Å². The first-order valence-electron chi connectivity index (χ1n) is 5.60. The molecule has 1 N–H and O–H groups in total. The van der Waals surface area contributed by atoms with E-state index in [0.29, 0.717) is 14.8 Å². The molecule has 2 rings (SSSR count). The van der Waals surface area contributed by atoms with E-state index >= 15 is 0 Å². The van der Waals surface area contributed by atoms with Gasteiger partial charge in [-0.15, -0.1) is 0 Å². The van der Waals surface area contributed by atoms with E-state index in [1.165, 1.54) is 18.2 Å². The first kappa shape index (κ1) is 15.9. The monoisotopic (exact) mass is 511 g/mol. The van der Waals surface area contributed by atoms with Crippen molar-refractivity contribution in [3.05, 3.63) is 59.8 Å².